The lowest BCUT2D eigenvalue weighted by Crippen LogP contribution is -3.30. The highest BCUT2D eigenvalue weighted by Gasteiger charge is 2.31. The van der Waals surface area contributed by atoms with Gasteiger partial charge in [-0.1, -0.05) is 49.2 Å². The normalized spacial score (nSPS) is 24.2. The van der Waals surface area contributed by atoms with Crippen LogP contribution < -0.4 is 20.4 Å². The van der Waals surface area contributed by atoms with Crippen molar-refractivity contribution in [3.05, 3.63) is 42.0 Å². The lowest BCUT2D eigenvalue weighted by atomic mass is 10.2. The summed E-state index contributed by atoms with van der Waals surface area (Å²) in [5.41, 5.74) is 1.23. The van der Waals surface area contributed by atoms with E-state index in [9.17, 15) is 9.59 Å². The largest absolute Gasteiger partial charge is 0.335 e. The molecule has 1 heterocycles. The van der Waals surface area contributed by atoms with Gasteiger partial charge in [0.25, 0.3) is 5.91 Å². The van der Waals surface area contributed by atoms with Crippen LogP contribution in [0.3, 0.4) is 0 Å². The molecular weight excluding hydrogens is 352 g/mol. The molecule has 0 aromatic heterocycles. The number of amides is 3. The number of piperazine rings is 1. The van der Waals surface area contributed by atoms with Crippen LogP contribution in [0.1, 0.15) is 38.2 Å². The molecule has 1 aromatic rings. The number of hydrogen-bond acceptors (Lipinski definition) is 2. The molecule has 3 rings (SSSR count). The van der Waals surface area contributed by atoms with Gasteiger partial charge in [-0.25, -0.2) is 4.79 Å². The van der Waals surface area contributed by atoms with Crippen LogP contribution in [0.2, 0.25) is 0 Å². The van der Waals surface area contributed by atoms with Crippen LogP contribution in [0.5, 0.6) is 0 Å². The van der Waals surface area contributed by atoms with Gasteiger partial charge >= 0.3 is 6.03 Å². The van der Waals surface area contributed by atoms with Crippen molar-refractivity contribution in [3.8, 4) is 0 Å². The van der Waals surface area contributed by atoms with Gasteiger partial charge in [0, 0.05) is 6.04 Å². The van der Waals surface area contributed by atoms with Crippen molar-refractivity contribution >= 4 is 18.0 Å². The van der Waals surface area contributed by atoms with Crippen LogP contribution in [0.25, 0.3) is 6.08 Å². The molecule has 2 aliphatic rings. The van der Waals surface area contributed by atoms with Gasteiger partial charge in [-0.15, -0.1) is 0 Å². The second kappa shape index (κ2) is 10.4. The maximum Gasteiger partial charge on any atom is 0.321 e. The third kappa shape index (κ3) is 6.17. The standard InChI is InChI=1S/C22H32N4O2/c1-18(21(27)24-22(28)23-20-11-5-6-12-20)26-16-14-25(15-17-26)13-7-10-19-8-3-2-4-9-19/h2-4,7-10,18,20H,5-6,11-17H2,1H3,(H2,23,24,27,28)/p+2/b10-7+/t18-/m0/s1. The number of urea groups is 1. The first-order valence-corrected chi connectivity index (χ1v) is 10.6. The van der Waals surface area contributed by atoms with Crippen molar-refractivity contribution in [3.63, 3.8) is 0 Å². The molecule has 0 radical (unpaired) electrons. The first-order chi connectivity index (χ1) is 13.6. The Balaban J connectivity index is 1.36. The smallest absolute Gasteiger partial charge is 0.321 e. The average molecular weight is 387 g/mol. The number of imide groups is 1. The van der Waals surface area contributed by atoms with Crippen molar-refractivity contribution in [2.24, 2.45) is 0 Å². The Morgan fingerprint density at radius 2 is 1.79 bits per heavy atom. The van der Waals surface area contributed by atoms with Gasteiger partial charge in [0.05, 0.1) is 6.54 Å². The third-order valence-corrected chi connectivity index (χ3v) is 6.05. The predicted molar refractivity (Wildman–Crippen MR) is 110 cm³/mol. The summed E-state index contributed by atoms with van der Waals surface area (Å²) < 4.78 is 0. The molecule has 2 fully saturated rings. The highest BCUT2D eigenvalue weighted by molar-refractivity contribution is 5.96. The molecule has 6 nitrogen and oxygen atoms in total. The molecule has 1 saturated carbocycles. The van der Waals surface area contributed by atoms with Gasteiger partial charge in [0.1, 0.15) is 26.2 Å². The summed E-state index contributed by atoms with van der Waals surface area (Å²) in [6.45, 7) is 6.92. The molecule has 0 unspecified atom stereocenters. The number of carbonyl (C=O) groups excluding carboxylic acids is 2. The van der Waals surface area contributed by atoms with Crippen molar-refractivity contribution in [1.82, 2.24) is 10.6 Å². The molecule has 0 bridgehead atoms. The zero-order valence-electron chi connectivity index (χ0n) is 16.9. The highest BCUT2D eigenvalue weighted by Crippen LogP contribution is 2.17. The number of carbonyl (C=O) groups is 2. The van der Waals surface area contributed by atoms with E-state index in [0.29, 0.717) is 0 Å². The van der Waals surface area contributed by atoms with E-state index in [1.807, 2.05) is 13.0 Å². The molecular formula is C22H34N4O2+2. The molecule has 6 heteroatoms. The first-order valence-electron chi connectivity index (χ1n) is 10.6. The Hall–Kier alpha value is -2.18. The molecule has 1 saturated heterocycles. The van der Waals surface area contributed by atoms with Gasteiger partial charge in [0.15, 0.2) is 6.04 Å². The van der Waals surface area contributed by atoms with Crippen LogP contribution >= 0.6 is 0 Å². The van der Waals surface area contributed by atoms with E-state index in [4.69, 9.17) is 0 Å². The minimum Gasteiger partial charge on any atom is -0.335 e. The van der Waals surface area contributed by atoms with Gasteiger partial charge < -0.3 is 15.1 Å². The Bertz CT molecular complexity index is 662. The van der Waals surface area contributed by atoms with E-state index in [0.717, 1.165) is 58.4 Å². The summed E-state index contributed by atoms with van der Waals surface area (Å²) in [7, 11) is 0. The first kappa shape index (κ1) is 20.6. The Morgan fingerprint density at radius 3 is 2.46 bits per heavy atom. The van der Waals surface area contributed by atoms with Gasteiger partial charge in [-0.2, -0.15) is 0 Å². The maximum absolute atomic E-state index is 12.4. The van der Waals surface area contributed by atoms with E-state index in [-0.39, 0.29) is 24.0 Å². The van der Waals surface area contributed by atoms with Crippen LogP contribution in [-0.4, -0.2) is 56.7 Å². The summed E-state index contributed by atoms with van der Waals surface area (Å²) >= 11 is 0. The summed E-state index contributed by atoms with van der Waals surface area (Å²) in [6.07, 6.45) is 8.77. The summed E-state index contributed by atoms with van der Waals surface area (Å²) in [5, 5.41) is 5.46. The van der Waals surface area contributed by atoms with E-state index >= 15 is 0 Å². The fourth-order valence-corrected chi connectivity index (χ4v) is 4.18. The van der Waals surface area contributed by atoms with Crippen molar-refractivity contribution in [2.75, 3.05) is 32.7 Å². The highest BCUT2D eigenvalue weighted by atomic mass is 16.2. The maximum atomic E-state index is 12.4. The van der Waals surface area contributed by atoms with Gasteiger partial charge in [-0.3, -0.25) is 10.1 Å². The molecule has 0 spiro atoms. The van der Waals surface area contributed by atoms with Crippen LogP contribution in [-0.2, 0) is 4.79 Å². The van der Waals surface area contributed by atoms with E-state index < -0.39 is 0 Å². The topological polar surface area (TPSA) is 67.1 Å². The number of hydrogen-bond donors (Lipinski definition) is 4. The molecule has 152 valence electrons. The number of benzene rings is 1. The van der Waals surface area contributed by atoms with E-state index in [2.05, 4.69) is 47.1 Å². The lowest BCUT2D eigenvalue weighted by Gasteiger charge is -2.32. The van der Waals surface area contributed by atoms with E-state index in [1.165, 1.54) is 10.5 Å². The summed E-state index contributed by atoms with van der Waals surface area (Å²) in [6, 6.07) is 10.0. The Morgan fingerprint density at radius 1 is 1.11 bits per heavy atom. The molecule has 1 aliphatic heterocycles. The number of rotatable bonds is 6. The van der Waals surface area contributed by atoms with E-state index in [1.54, 1.807) is 4.90 Å². The quantitative estimate of drug-likeness (QED) is 0.540. The minimum absolute atomic E-state index is 0.169. The fraction of sp³-hybridized carbons (Fsp3) is 0.545. The minimum atomic E-state index is -0.335. The lowest BCUT2D eigenvalue weighted by molar-refractivity contribution is -1.02. The monoisotopic (exact) mass is 386 g/mol. The van der Waals surface area contributed by atoms with Gasteiger partial charge in [0.2, 0.25) is 0 Å². The molecule has 4 N–H and O–H groups in total. The second-order valence-corrected chi connectivity index (χ2v) is 8.09. The predicted octanol–water partition coefficient (Wildman–Crippen LogP) is -0.360. The van der Waals surface area contributed by atoms with Gasteiger partial charge in [-0.05, 0) is 31.4 Å². The third-order valence-electron chi connectivity index (χ3n) is 6.05. The Kier molecular flexibility index (Phi) is 7.62. The molecule has 28 heavy (non-hydrogen) atoms. The summed E-state index contributed by atoms with van der Waals surface area (Å²) in [4.78, 5) is 27.3. The average Bonchev–Trinajstić information content (AvgIpc) is 3.21. The molecule has 1 aliphatic carbocycles. The van der Waals surface area contributed by atoms with Crippen molar-refractivity contribution in [1.29, 1.82) is 0 Å². The number of quaternary nitrogens is 2. The van der Waals surface area contributed by atoms with Crippen LogP contribution in [0.4, 0.5) is 4.79 Å². The van der Waals surface area contributed by atoms with Crippen LogP contribution in [0, 0.1) is 0 Å². The number of nitrogens with one attached hydrogen (secondary N) is 4. The SMILES string of the molecule is C[C@@H](C(=O)NC(=O)NC1CCCC1)[NH+]1CC[NH+](C/C=C/c2ccccc2)CC1. The zero-order valence-corrected chi connectivity index (χ0v) is 16.9. The van der Waals surface area contributed by atoms with Crippen molar-refractivity contribution in [2.45, 2.75) is 44.7 Å². The van der Waals surface area contributed by atoms with Crippen LogP contribution in [0.15, 0.2) is 36.4 Å². The summed E-state index contributed by atoms with van der Waals surface area (Å²) in [5.74, 6) is -0.169. The Labute approximate surface area is 168 Å². The molecule has 1 atom stereocenters. The van der Waals surface area contributed by atoms with Crippen molar-refractivity contribution < 1.29 is 19.4 Å². The fourth-order valence-electron chi connectivity index (χ4n) is 4.18. The second-order valence-electron chi connectivity index (χ2n) is 8.09. The molecule has 1 aromatic carbocycles. The molecule has 3 amide bonds. The zero-order chi connectivity index (χ0) is 19.8.